The molecule has 0 unspecified atom stereocenters. The van der Waals surface area contributed by atoms with E-state index >= 15 is 0 Å². The predicted octanol–water partition coefficient (Wildman–Crippen LogP) is 4.22. The summed E-state index contributed by atoms with van der Waals surface area (Å²) in [4.78, 5) is 16.2. The van der Waals surface area contributed by atoms with Gasteiger partial charge in [0.05, 0.1) is 35.7 Å². The van der Waals surface area contributed by atoms with Crippen molar-refractivity contribution in [2.75, 3.05) is 5.32 Å². The van der Waals surface area contributed by atoms with E-state index in [1.807, 2.05) is 16.9 Å². The fraction of sp³-hybridized carbons (Fsp3) is 0.368. The normalized spacial score (nSPS) is 14.9. The molecule has 7 nitrogen and oxygen atoms in total. The second kappa shape index (κ2) is 8.10. The maximum absolute atomic E-state index is 12.7. The predicted molar refractivity (Wildman–Crippen MR) is 105 cm³/mol. The summed E-state index contributed by atoms with van der Waals surface area (Å²) in [5.74, 6) is -0.0586. The Hall–Kier alpha value is -2.88. The van der Waals surface area contributed by atoms with Gasteiger partial charge in [0.25, 0.3) is 5.56 Å². The summed E-state index contributed by atoms with van der Waals surface area (Å²) in [7, 11) is 0. The van der Waals surface area contributed by atoms with E-state index in [0.717, 1.165) is 35.4 Å². The molecule has 0 spiro atoms. The van der Waals surface area contributed by atoms with Gasteiger partial charge in [0.1, 0.15) is 5.02 Å². The molecule has 0 aromatic carbocycles. The number of halogens is 4. The molecule has 11 heteroatoms. The van der Waals surface area contributed by atoms with Crippen molar-refractivity contribution >= 4 is 17.3 Å². The number of hydrogen-bond acceptors (Lipinski definition) is 5. The van der Waals surface area contributed by atoms with Crippen LogP contribution in [0.25, 0.3) is 5.82 Å². The molecule has 1 saturated carbocycles. The third-order valence-corrected chi connectivity index (χ3v) is 5.40. The maximum atomic E-state index is 12.7. The molecular weight excluding hydrogens is 421 g/mol. The Balaban J connectivity index is 1.48. The number of anilines is 1. The molecule has 1 fully saturated rings. The van der Waals surface area contributed by atoms with Crippen molar-refractivity contribution in [1.29, 1.82) is 0 Å². The summed E-state index contributed by atoms with van der Waals surface area (Å²) in [6, 6.07) is 4.23. The number of nitrogens with one attached hydrogen (secondary N) is 1. The van der Waals surface area contributed by atoms with Crippen LogP contribution in [0.5, 0.6) is 0 Å². The van der Waals surface area contributed by atoms with Crippen LogP contribution < -0.4 is 10.9 Å². The molecule has 4 rings (SSSR count). The molecular formula is C19H18ClF3N6O. The summed E-state index contributed by atoms with van der Waals surface area (Å²) < 4.78 is 40.8. The average molecular weight is 439 g/mol. The summed E-state index contributed by atoms with van der Waals surface area (Å²) in [6.07, 6.45) is 4.08. The largest absolute Gasteiger partial charge is 0.417 e. The van der Waals surface area contributed by atoms with Crippen LogP contribution >= 0.6 is 11.6 Å². The number of rotatable bonds is 5. The lowest BCUT2D eigenvalue weighted by molar-refractivity contribution is -0.137. The van der Waals surface area contributed by atoms with Gasteiger partial charge in [-0.15, -0.1) is 0 Å². The number of hydrogen-bond donors (Lipinski definition) is 1. The zero-order chi connectivity index (χ0) is 21.3. The molecule has 1 aliphatic carbocycles. The molecule has 0 amide bonds. The van der Waals surface area contributed by atoms with Gasteiger partial charge >= 0.3 is 6.18 Å². The molecule has 0 saturated heterocycles. The molecule has 0 aliphatic heterocycles. The quantitative estimate of drug-likeness (QED) is 0.645. The molecule has 3 heterocycles. The fourth-order valence-corrected chi connectivity index (χ4v) is 3.62. The first kappa shape index (κ1) is 20.4. The molecule has 3 aromatic rings. The van der Waals surface area contributed by atoms with Crippen LogP contribution in [-0.4, -0.2) is 24.5 Å². The monoisotopic (exact) mass is 438 g/mol. The van der Waals surface area contributed by atoms with Crippen LogP contribution in [0.4, 0.5) is 18.9 Å². The van der Waals surface area contributed by atoms with Gasteiger partial charge in [-0.1, -0.05) is 24.4 Å². The number of alkyl halides is 3. The van der Waals surface area contributed by atoms with Crippen LogP contribution in [0.2, 0.25) is 5.02 Å². The smallest absolute Gasteiger partial charge is 0.377 e. The Labute approximate surface area is 174 Å². The van der Waals surface area contributed by atoms with Crippen LogP contribution in [0, 0.1) is 0 Å². The van der Waals surface area contributed by atoms with Crippen molar-refractivity contribution in [2.45, 2.75) is 44.4 Å². The number of aromatic nitrogens is 5. The molecule has 1 N–H and O–H groups in total. The minimum atomic E-state index is -4.51. The Bertz CT molecular complexity index is 1090. The highest BCUT2D eigenvalue weighted by Crippen LogP contribution is 2.29. The lowest BCUT2D eigenvalue weighted by atomic mass is 10.3. The van der Waals surface area contributed by atoms with E-state index in [-0.39, 0.29) is 10.8 Å². The van der Waals surface area contributed by atoms with Crippen molar-refractivity contribution < 1.29 is 13.2 Å². The van der Waals surface area contributed by atoms with Gasteiger partial charge in [0.2, 0.25) is 0 Å². The Morgan fingerprint density at radius 1 is 1.17 bits per heavy atom. The molecule has 0 bridgehead atoms. The first-order valence-corrected chi connectivity index (χ1v) is 9.80. The van der Waals surface area contributed by atoms with Crippen molar-refractivity contribution in [1.82, 2.24) is 24.5 Å². The van der Waals surface area contributed by atoms with E-state index in [4.69, 9.17) is 11.6 Å². The van der Waals surface area contributed by atoms with E-state index in [2.05, 4.69) is 20.5 Å². The van der Waals surface area contributed by atoms with E-state index in [1.54, 1.807) is 0 Å². The van der Waals surface area contributed by atoms with Crippen molar-refractivity contribution in [3.05, 3.63) is 63.4 Å². The highest BCUT2D eigenvalue weighted by atomic mass is 35.5. The van der Waals surface area contributed by atoms with Gasteiger partial charge in [-0.25, -0.2) is 4.98 Å². The second-order valence-corrected chi connectivity index (χ2v) is 7.45. The van der Waals surface area contributed by atoms with Crippen molar-refractivity contribution in [2.24, 2.45) is 0 Å². The highest BCUT2D eigenvalue weighted by Gasteiger charge is 2.30. The minimum absolute atomic E-state index is 0.0586. The zero-order valence-corrected chi connectivity index (χ0v) is 16.5. The number of pyridine rings is 1. The van der Waals surface area contributed by atoms with Crippen molar-refractivity contribution in [3.8, 4) is 5.82 Å². The Kier molecular flexibility index (Phi) is 5.50. The molecule has 0 atom stereocenters. The second-order valence-electron chi connectivity index (χ2n) is 7.07. The third kappa shape index (κ3) is 4.18. The van der Waals surface area contributed by atoms with Crippen LogP contribution in [0.15, 0.2) is 41.6 Å². The maximum Gasteiger partial charge on any atom is 0.417 e. The number of nitrogens with zero attached hydrogens (tertiary/aromatic N) is 5. The summed E-state index contributed by atoms with van der Waals surface area (Å²) in [6.45, 7) is 0.350. The molecule has 0 radical (unpaired) electrons. The topological polar surface area (TPSA) is 77.6 Å². The molecule has 1 aliphatic rings. The minimum Gasteiger partial charge on any atom is -0.377 e. The molecule has 158 valence electrons. The molecule has 3 aromatic heterocycles. The summed E-state index contributed by atoms with van der Waals surface area (Å²) >= 11 is 6.16. The SMILES string of the molecule is O=c1c(Cl)c(NCc2ccn(C3CCCC3)n2)cnn1-c1ccc(C(F)(F)F)cn1. The first-order chi connectivity index (χ1) is 14.3. The van der Waals surface area contributed by atoms with E-state index in [9.17, 15) is 18.0 Å². The van der Waals surface area contributed by atoms with Gasteiger partial charge in [0, 0.05) is 12.4 Å². The van der Waals surface area contributed by atoms with Gasteiger partial charge in [-0.2, -0.15) is 28.1 Å². The first-order valence-electron chi connectivity index (χ1n) is 9.42. The van der Waals surface area contributed by atoms with E-state index in [1.165, 1.54) is 19.0 Å². The average Bonchev–Trinajstić information content (AvgIpc) is 3.40. The fourth-order valence-electron chi connectivity index (χ4n) is 3.43. The Morgan fingerprint density at radius 2 is 1.93 bits per heavy atom. The van der Waals surface area contributed by atoms with Crippen LogP contribution in [0.1, 0.15) is 43.0 Å². The van der Waals surface area contributed by atoms with Gasteiger partial charge < -0.3 is 5.32 Å². The Morgan fingerprint density at radius 3 is 2.60 bits per heavy atom. The van der Waals surface area contributed by atoms with E-state index < -0.39 is 17.3 Å². The van der Waals surface area contributed by atoms with Gasteiger partial charge in [0.15, 0.2) is 5.82 Å². The summed E-state index contributed by atoms with van der Waals surface area (Å²) in [5, 5.41) is 11.4. The van der Waals surface area contributed by atoms with Gasteiger partial charge in [-0.05, 0) is 31.0 Å². The molecule has 30 heavy (non-hydrogen) atoms. The standard InChI is InChI=1S/C19H18ClF3N6O/c20-17-15(24-10-13-7-8-28(27-13)14-3-1-2-4-14)11-26-29(18(17)30)16-6-5-12(9-25-16)19(21,22)23/h5-9,11,14,24H,1-4,10H2. The van der Waals surface area contributed by atoms with Gasteiger partial charge in [-0.3, -0.25) is 9.48 Å². The van der Waals surface area contributed by atoms with Crippen molar-refractivity contribution in [3.63, 3.8) is 0 Å². The zero-order valence-electron chi connectivity index (χ0n) is 15.7. The lowest BCUT2D eigenvalue weighted by Crippen LogP contribution is -2.23. The lowest BCUT2D eigenvalue weighted by Gasteiger charge is -2.11. The highest BCUT2D eigenvalue weighted by molar-refractivity contribution is 6.32. The van der Waals surface area contributed by atoms with E-state index in [0.29, 0.717) is 24.5 Å². The van der Waals surface area contributed by atoms with Crippen LogP contribution in [0.3, 0.4) is 0 Å². The third-order valence-electron chi connectivity index (χ3n) is 5.03. The summed E-state index contributed by atoms with van der Waals surface area (Å²) in [5.41, 5.74) is -0.502. The van der Waals surface area contributed by atoms with Crippen LogP contribution in [-0.2, 0) is 12.7 Å².